The van der Waals surface area contributed by atoms with Gasteiger partial charge in [-0.15, -0.1) is 0 Å². The second-order valence-electron chi connectivity index (χ2n) is 13.8. The van der Waals surface area contributed by atoms with E-state index < -0.39 is 76.7 Å². The van der Waals surface area contributed by atoms with Crippen LogP contribution in [0.25, 0.3) is 20.9 Å². The van der Waals surface area contributed by atoms with E-state index >= 15 is 0 Å². The van der Waals surface area contributed by atoms with Crippen molar-refractivity contribution in [1.82, 2.24) is 39.3 Å². The van der Waals surface area contributed by atoms with Crippen LogP contribution in [0.2, 0.25) is 0 Å². The highest BCUT2D eigenvalue weighted by atomic mass is 32.2. The Hall–Kier alpha value is -5.93. The van der Waals surface area contributed by atoms with Crippen molar-refractivity contribution in [1.29, 1.82) is 5.26 Å². The van der Waals surface area contributed by atoms with Crippen molar-refractivity contribution in [3.05, 3.63) is 119 Å². The summed E-state index contributed by atoms with van der Waals surface area (Å²) in [5.41, 5.74) is 15.6. The van der Waals surface area contributed by atoms with Crippen LogP contribution in [0.5, 0.6) is 0 Å². The molecule has 6 heterocycles. The summed E-state index contributed by atoms with van der Waals surface area (Å²) in [6.45, 7) is 6.92. The Morgan fingerprint density at radius 3 is 1.66 bits per heavy atom. The lowest BCUT2D eigenvalue weighted by atomic mass is 10.1. The number of thiocyanates is 1. The first kappa shape index (κ1) is 44.2. The molecular weight excluding hydrogens is 815 g/mol. The van der Waals surface area contributed by atoms with Crippen LogP contribution in [-0.2, 0) is 14.2 Å². The highest BCUT2D eigenvalue weighted by Gasteiger charge is 2.39. The van der Waals surface area contributed by atoms with E-state index in [1.54, 1.807) is 20.8 Å². The molecule has 26 heteroatoms. The molecule has 9 unspecified atom stereocenters. The van der Waals surface area contributed by atoms with Gasteiger partial charge in [-0.25, -0.2) is 14.4 Å². The van der Waals surface area contributed by atoms with E-state index in [1.165, 1.54) is 32.3 Å². The van der Waals surface area contributed by atoms with Gasteiger partial charge in [0.1, 0.15) is 24.1 Å². The molecule has 9 atom stereocenters. The smallest absolute Gasteiger partial charge is 0.330 e. The van der Waals surface area contributed by atoms with E-state index in [0.29, 0.717) is 46.8 Å². The lowest BCUT2D eigenvalue weighted by molar-refractivity contribution is -0.00518. The number of thiocarbonyl (C=S) groups is 1. The molecule has 3 aliphatic heterocycles. The van der Waals surface area contributed by atoms with Gasteiger partial charge in [-0.2, -0.15) is 5.26 Å². The monoisotopic (exact) mass is 855 g/mol. The predicted octanol–water partition coefficient (Wildman–Crippen LogP) is 1.23. The molecule has 314 valence electrons. The number of thioether (sulfide) groups is 1. The molecule has 6 rings (SSSR count). The fourth-order valence-corrected chi connectivity index (χ4v) is 7.62. The number of nitrogens with one attached hydrogen (secondary N) is 5. The average Bonchev–Trinajstić information content (AvgIpc) is 3.91. The minimum absolute atomic E-state index is 0.190. The minimum atomic E-state index is -0.727. The summed E-state index contributed by atoms with van der Waals surface area (Å²) in [6, 6.07) is -1.24. The molecule has 3 aromatic heterocycles. The van der Waals surface area contributed by atoms with Crippen molar-refractivity contribution in [2.75, 3.05) is 12.3 Å². The molecular formula is C33H41N15O9S2. The molecule has 0 aromatic carbocycles. The van der Waals surface area contributed by atoms with Gasteiger partial charge in [0, 0.05) is 76.7 Å². The third-order valence-electron chi connectivity index (χ3n) is 9.91. The highest BCUT2D eigenvalue weighted by molar-refractivity contribution is 8.03. The van der Waals surface area contributed by atoms with E-state index in [-0.39, 0.29) is 25.1 Å². The van der Waals surface area contributed by atoms with Gasteiger partial charge in [-0.05, 0) is 62.2 Å². The lowest BCUT2D eigenvalue weighted by Crippen LogP contribution is -2.48. The number of nitrogens with zero attached hydrogens (tertiary/aromatic N) is 10. The number of aromatic amines is 3. The molecule has 3 saturated heterocycles. The van der Waals surface area contributed by atoms with Crippen molar-refractivity contribution in [3.63, 3.8) is 0 Å². The second-order valence-corrected chi connectivity index (χ2v) is 15.1. The van der Waals surface area contributed by atoms with Crippen LogP contribution in [-0.4, -0.2) is 82.5 Å². The van der Waals surface area contributed by atoms with Crippen LogP contribution in [0.3, 0.4) is 0 Å². The fraction of sp³-hybridized carbons (Fsp3) is 0.576. The molecule has 0 amide bonds. The zero-order valence-corrected chi connectivity index (χ0v) is 33.8. The Labute approximate surface area is 342 Å². The Kier molecular flexibility index (Phi) is 14.7. The minimum Gasteiger partial charge on any atom is -0.360 e. The van der Waals surface area contributed by atoms with Crippen molar-refractivity contribution in [2.24, 2.45) is 10.2 Å². The van der Waals surface area contributed by atoms with Crippen LogP contribution in [0.15, 0.2) is 57.6 Å². The van der Waals surface area contributed by atoms with Crippen molar-refractivity contribution in [2.45, 2.75) is 108 Å². The molecule has 3 fully saturated rings. The molecule has 3 aromatic rings. The first-order valence-corrected chi connectivity index (χ1v) is 19.6. The average molecular weight is 856 g/mol. The SMILES string of the molecule is CCC1OC(n2cc(C)c(=O)[nH]c2=O)CC1NC(=S)NCC1OC(n2cc(C)c(=O)[nH]c2=O)CC1N=[N+]=[N-].Cc1cn(C2CC(N=[N+]=[N-])C(CSC#N)O2)c(=O)[nH]c1=O. The normalized spacial score (nSPS) is 25.8. The molecule has 3 aliphatic rings. The number of nitriles is 1. The Balaban J connectivity index is 0.000000266. The van der Waals surface area contributed by atoms with Crippen LogP contribution < -0.4 is 44.4 Å². The Morgan fingerprint density at radius 2 is 1.22 bits per heavy atom. The van der Waals surface area contributed by atoms with E-state index in [2.05, 4.69) is 45.6 Å². The lowest BCUT2D eigenvalue weighted by Gasteiger charge is -2.22. The summed E-state index contributed by atoms with van der Waals surface area (Å²) < 4.78 is 21.7. The fourth-order valence-electron chi connectivity index (χ4n) is 6.85. The van der Waals surface area contributed by atoms with E-state index in [0.717, 1.165) is 11.8 Å². The van der Waals surface area contributed by atoms with Crippen molar-refractivity contribution >= 4 is 29.1 Å². The standard InChI is InChI=1S/C22H29N9O6S.C11H12N6O3S/c1-4-14-12(5-16(36-14)30-8-10(2)18(32)26-21(30)34)25-20(38)24-7-15-13(28-29-23)6-17(37-15)31-9-11(3)19(33)27-22(31)35;1-6-3-17(11(19)14-10(6)18)9-2-7(15-16-13)8(20-9)4-21-5-12/h8-9,12-17H,4-7H2,1-3H3,(H2,24,25,38)(H,26,32,34)(H,27,33,35);3,7-9H,2,4H2,1H3,(H,14,18,19). The van der Waals surface area contributed by atoms with Gasteiger partial charge in [0.05, 0.1) is 36.4 Å². The number of ether oxygens (including phenoxy) is 3. The molecule has 0 spiro atoms. The van der Waals surface area contributed by atoms with Crippen LogP contribution in [0.1, 0.15) is 68.0 Å². The van der Waals surface area contributed by atoms with Gasteiger partial charge in [-0.3, -0.25) is 43.0 Å². The Bertz CT molecular complexity index is 2550. The number of hydrogen-bond acceptors (Lipinski definition) is 14. The van der Waals surface area contributed by atoms with Gasteiger partial charge < -0.3 is 24.8 Å². The molecule has 0 saturated carbocycles. The van der Waals surface area contributed by atoms with E-state index in [9.17, 15) is 28.8 Å². The Morgan fingerprint density at radius 1 is 0.797 bits per heavy atom. The van der Waals surface area contributed by atoms with Crippen molar-refractivity contribution < 1.29 is 14.2 Å². The van der Waals surface area contributed by atoms with Crippen molar-refractivity contribution in [3.8, 4) is 5.40 Å². The highest BCUT2D eigenvalue weighted by Crippen LogP contribution is 2.33. The molecule has 59 heavy (non-hydrogen) atoms. The maximum Gasteiger partial charge on any atom is 0.330 e. The number of H-pyrrole nitrogens is 3. The number of hydrogen-bond donors (Lipinski definition) is 5. The predicted molar refractivity (Wildman–Crippen MR) is 216 cm³/mol. The number of aryl methyl sites for hydroxylation is 3. The number of aromatic nitrogens is 6. The third-order valence-corrected chi connectivity index (χ3v) is 10.8. The number of rotatable bonds is 11. The summed E-state index contributed by atoms with van der Waals surface area (Å²) in [7, 11) is 0. The molecule has 5 N–H and O–H groups in total. The zero-order valence-electron chi connectivity index (χ0n) is 32.1. The first-order chi connectivity index (χ1) is 28.2. The van der Waals surface area contributed by atoms with Crippen LogP contribution >= 0.6 is 24.0 Å². The summed E-state index contributed by atoms with van der Waals surface area (Å²) >= 11 is 6.47. The molecule has 0 aliphatic carbocycles. The molecule has 24 nitrogen and oxygen atoms in total. The summed E-state index contributed by atoms with van der Waals surface area (Å²) in [6.07, 6.45) is 2.75. The quantitative estimate of drug-likeness (QED) is 0.0596. The maximum atomic E-state index is 12.3. The summed E-state index contributed by atoms with van der Waals surface area (Å²) in [5, 5.41) is 24.6. The van der Waals surface area contributed by atoms with E-state index in [1.807, 2.05) is 12.3 Å². The van der Waals surface area contributed by atoms with Gasteiger partial charge in [0.2, 0.25) is 0 Å². The largest absolute Gasteiger partial charge is 0.360 e. The molecule has 0 bridgehead atoms. The second kappa shape index (κ2) is 19.7. The summed E-state index contributed by atoms with van der Waals surface area (Å²) in [4.78, 5) is 83.6. The first-order valence-electron chi connectivity index (χ1n) is 18.2. The summed E-state index contributed by atoms with van der Waals surface area (Å²) in [5.74, 6) is 0.341. The van der Waals surface area contributed by atoms with Gasteiger partial charge in [0.25, 0.3) is 16.7 Å². The van der Waals surface area contributed by atoms with Gasteiger partial charge >= 0.3 is 17.1 Å². The van der Waals surface area contributed by atoms with Crippen LogP contribution in [0.4, 0.5) is 0 Å². The van der Waals surface area contributed by atoms with E-state index in [4.69, 9.17) is 42.8 Å². The van der Waals surface area contributed by atoms with Crippen LogP contribution in [0, 0.1) is 31.4 Å². The van der Waals surface area contributed by atoms with Gasteiger partial charge in [0.15, 0.2) is 5.11 Å². The maximum absolute atomic E-state index is 12.3. The zero-order chi connectivity index (χ0) is 43.0. The van der Waals surface area contributed by atoms with Gasteiger partial charge in [-0.1, -0.05) is 17.2 Å². The molecule has 0 radical (unpaired) electrons. The third kappa shape index (κ3) is 10.6. The topological polar surface area (TPSA) is 338 Å². The number of azide groups is 2.